The first-order chi connectivity index (χ1) is 16.0. The topological polar surface area (TPSA) is 128 Å². The highest BCUT2D eigenvalue weighted by Crippen LogP contribution is 2.38. The Morgan fingerprint density at radius 3 is 2.76 bits per heavy atom. The number of fused-ring (bicyclic) bond motifs is 1. The molecule has 3 N–H and O–H groups in total. The standard InChI is InChI=1S/C23H22BrN5O4/c1-12-27-22(29(28-12)16-9-15(24)8-7-14(16)10-25)21-19(30)18(26)20-17(32-21)11-31-23(33-20)13-5-3-2-4-6-13/h2-9,17-21,23,30H,11,26H2,1H3/t17-,18-,19-,20+,21-,23?/m1/s1. The number of aromatic nitrogens is 3. The van der Waals surface area contributed by atoms with E-state index in [4.69, 9.17) is 19.9 Å². The monoisotopic (exact) mass is 511 g/mol. The molecule has 2 aliphatic rings. The van der Waals surface area contributed by atoms with Crippen LogP contribution in [0.5, 0.6) is 0 Å². The largest absolute Gasteiger partial charge is 0.388 e. The van der Waals surface area contributed by atoms with Crippen LogP contribution < -0.4 is 5.73 Å². The van der Waals surface area contributed by atoms with Crippen LogP contribution in [0.1, 0.15) is 35.2 Å². The van der Waals surface area contributed by atoms with Crippen LogP contribution in [0, 0.1) is 18.3 Å². The summed E-state index contributed by atoms with van der Waals surface area (Å²) in [6, 6.07) is 16.2. The van der Waals surface area contributed by atoms with Gasteiger partial charge >= 0.3 is 0 Å². The van der Waals surface area contributed by atoms with Gasteiger partial charge in [-0.15, -0.1) is 0 Å². The number of hydrogen-bond acceptors (Lipinski definition) is 8. The van der Waals surface area contributed by atoms with E-state index in [1.54, 1.807) is 25.1 Å². The van der Waals surface area contributed by atoms with E-state index in [0.29, 0.717) is 22.9 Å². The number of rotatable bonds is 3. The minimum absolute atomic E-state index is 0.245. The quantitative estimate of drug-likeness (QED) is 0.548. The van der Waals surface area contributed by atoms with Gasteiger partial charge < -0.3 is 25.1 Å². The lowest BCUT2D eigenvalue weighted by molar-refractivity contribution is -0.309. The van der Waals surface area contributed by atoms with E-state index in [9.17, 15) is 10.4 Å². The van der Waals surface area contributed by atoms with Crippen molar-refractivity contribution >= 4 is 15.9 Å². The van der Waals surface area contributed by atoms with Crippen LogP contribution in [0.15, 0.2) is 53.0 Å². The first-order valence-corrected chi connectivity index (χ1v) is 11.3. The Balaban J connectivity index is 1.45. The number of aliphatic hydroxyl groups is 1. The Kier molecular flexibility index (Phi) is 6.01. The van der Waals surface area contributed by atoms with Gasteiger partial charge in [-0.3, -0.25) is 0 Å². The normalized spacial score (nSPS) is 29.3. The van der Waals surface area contributed by atoms with Crippen molar-refractivity contribution in [2.75, 3.05) is 6.61 Å². The van der Waals surface area contributed by atoms with Crippen molar-refractivity contribution in [3.63, 3.8) is 0 Å². The van der Waals surface area contributed by atoms with E-state index < -0.39 is 36.7 Å². The van der Waals surface area contributed by atoms with Crippen LogP contribution >= 0.6 is 15.9 Å². The Hall–Kier alpha value is -2.65. The van der Waals surface area contributed by atoms with Gasteiger partial charge in [-0.1, -0.05) is 46.3 Å². The van der Waals surface area contributed by atoms with Crippen molar-refractivity contribution in [1.82, 2.24) is 14.8 Å². The molecule has 10 heteroatoms. The van der Waals surface area contributed by atoms with Gasteiger partial charge in [-0.25, -0.2) is 9.67 Å². The smallest absolute Gasteiger partial charge is 0.184 e. The lowest BCUT2D eigenvalue weighted by Crippen LogP contribution is -2.62. The third-order valence-corrected chi connectivity index (χ3v) is 6.33. The molecular weight excluding hydrogens is 490 g/mol. The van der Waals surface area contributed by atoms with Gasteiger partial charge in [-0.05, 0) is 25.1 Å². The van der Waals surface area contributed by atoms with Crippen molar-refractivity contribution in [3.8, 4) is 11.8 Å². The Morgan fingerprint density at radius 1 is 1.21 bits per heavy atom. The van der Waals surface area contributed by atoms with Crippen LogP contribution in [-0.2, 0) is 14.2 Å². The summed E-state index contributed by atoms with van der Waals surface area (Å²) in [5, 5.41) is 25.2. The molecule has 170 valence electrons. The average molecular weight is 512 g/mol. The highest BCUT2D eigenvalue weighted by atomic mass is 79.9. The summed E-state index contributed by atoms with van der Waals surface area (Å²) in [7, 11) is 0. The van der Waals surface area contributed by atoms with Gasteiger partial charge in [0, 0.05) is 10.0 Å². The second-order valence-electron chi connectivity index (χ2n) is 8.04. The van der Waals surface area contributed by atoms with Crippen LogP contribution in [0.3, 0.4) is 0 Å². The number of nitrogens with zero attached hydrogens (tertiary/aromatic N) is 4. The fraction of sp³-hybridized carbons (Fsp3) is 0.348. The highest BCUT2D eigenvalue weighted by Gasteiger charge is 2.49. The molecule has 0 saturated carbocycles. The molecule has 33 heavy (non-hydrogen) atoms. The third-order valence-electron chi connectivity index (χ3n) is 5.84. The molecule has 2 fully saturated rings. The summed E-state index contributed by atoms with van der Waals surface area (Å²) in [5.41, 5.74) is 8.25. The molecule has 3 aromatic rings. The van der Waals surface area contributed by atoms with E-state index in [2.05, 4.69) is 32.1 Å². The van der Waals surface area contributed by atoms with Gasteiger partial charge in [0.15, 0.2) is 12.1 Å². The summed E-state index contributed by atoms with van der Waals surface area (Å²) in [6.07, 6.45) is -3.64. The molecule has 0 bridgehead atoms. The van der Waals surface area contributed by atoms with Crippen LogP contribution in [-0.4, -0.2) is 50.8 Å². The maximum absolute atomic E-state index is 11.1. The van der Waals surface area contributed by atoms with E-state index in [0.717, 1.165) is 10.0 Å². The summed E-state index contributed by atoms with van der Waals surface area (Å²) < 4.78 is 20.5. The van der Waals surface area contributed by atoms with Crippen LogP contribution in [0.4, 0.5) is 0 Å². The molecule has 6 atom stereocenters. The van der Waals surface area contributed by atoms with Crippen molar-refractivity contribution in [1.29, 1.82) is 5.26 Å². The summed E-state index contributed by atoms with van der Waals surface area (Å²) in [5.74, 6) is 0.828. The Labute approximate surface area is 198 Å². The summed E-state index contributed by atoms with van der Waals surface area (Å²) in [4.78, 5) is 4.51. The van der Waals surface area contributed by atoms with Gasteiger partial charge in [0.2, 0.25) is 0 Å². The molecule has 0 aliphatic carbocycles. The molecule has 0 radical (unpaired) electrons. The Morgan fingerprint density at radius 2 is 2.00 bits per heavy atom. The first-order valence-electron chi connectivity index (χ1n) is 10.5. The zero-order chi connectivity index (χ0) is 23.1. The van der Waals surface area contributed by atoms with Gasteiger partial charge in [0.1, 0.15) is 36.3 Å². The third kappa shape index (κ3) is 4.08. The van der Waals surface area contributed by atoms with E-state index in [1.165, 1.54) is 4.68 Å². The fourth-order valence-corrected chi connectivity index (χ4v) is 4.58. The maximum atomic E-state index is 11.1. The predicted octanol–water partition coefficient (Wildman–Crippen LogP) is 2.45. The molecule has 1 unspecified atom stereocenters. The zero-order valence-electron chi connectivity index (χ0n) is 17.7. The van der Waals surface area contributed by atoms with Gasteiger partial charge in [0.25, 0.3) is 0 Å². The van der Waals surface area contributed by atoms with Crippen molar-refractivity contribution in [3.05, 3.63) is 75.8 Å². The average Bonchev–Trinajstić information content (AvgIpc) is 3.22. The summed E-state index contributed by atoms with van der Waals surface area (Å²) >= 11 is 3.44. The number of nitrogens with two attached hydrogens (primary N) is 1. The predicted molar refractivity (Wildman–Crippen MR) is 120 cm³/mol. The molecule has 5 rings (SSSR count). The number of benzene rings is 2. The van der Waals surface area contributed by atoms with Gasteiger partial charge in [0.05, 0.1) is 23.9 Å². The highest BCUT2D eigenvalue weighted by molar-refractivity contribution is 9.10. The molecule has 2 saturated heterocycles. The van der Waals surface area contributed by atoms with Crippen molar-refractivity contribution in [2.45, 2.75) is 43.7 Å². The fourth-order valence-electron chi connectivity index (χ4n) is 4.23. The molecular formula is C23H22BrN5O4. The minimum Gasteiger partial charge on any atom is -0.388 e. The van der Waals surface area contributed by atoms with Gasteiger partial charge in [-0.2, -0.15) is 10.4 Å². The maximum Gasteiger partial charge on any atom is 0.184 e. The lowest BCUT2D eigenvalue weighted by atomic mass is 9.92. The molecule has 1 aromatic heterocycles. The van der Waals surface area contributed by atoms with E-state index in [-0.39, 0.29) is 6.61 Å². The van der Waals surface area contributed by atoms with Crippen molar-refractivity contribution in [2.24, 2.45) is 5.73 Å². The molecule has 3 heterocycles. The molecule has 2 aromatic carbocycles. The second kappa shape index (κ2) is 8.95. The molecule has 9 nitrogen and oxygen atoms in total. The molecule has 0 spiro atoms. The first kappa shape index (κ1) is 22.2. The SMILES string of the molecule is Cc1nc([C@@H]2O[C@@H]3COC(c4ccccc4)O[C@@H]3[C@H](N)[C@H]2O)n(-c2cc(Br)ccc2C#N)n1. The van der Waals surface area contributed by atoms with E-state index in [1.807, 2.05) is 30.3 Å². The number of aryl methyl sites for hydroxylation is 1. The zero-order valence-corrected chi connectivity index (χ0v) is 19.3. The van der Waals surface area contributed by atoms with Crippen molar-refractivity contribution < 1.29 is 19.3 Å². The van der Waals surface area contributed by atoms with E-state index >= 15 is 0 Å². The second-order valence-corrected chi connectivity index (χ2v) is 8.96. The molecule has 2 aliphatic heterocycles. The molecule has 0 amide bonds. The lowest BCUT2D eigenvalue weighted by Gasteiger charge is -2.46. The number of ether oxygens (including phenoxy) is 3. The van der Waals surface area contributed by atoms with Crippen LogP contribution in [0.25, 0.3) is 5.69 Å². The van der Waals surface area contributed by atoms with Crippen LogP contribution in [0.2, 0.25) is 0 Å². The minimum atomic E-state index is -1.11. The number of hydrogen-bond donors (Lipinski definition) is 2. The summed E-state index contributed by atoms with van der Waals surface area (Å²) in [6.45, 7) is 1.98. The number of halogens is 1. The number of aliphatic hydroxyl groups excluding tert-OH is 1. The number of nitriles is 1. The Bertz CT molecular complexity index is 1200.